The van der Waals surface area contributed by atoms with Crippen molar-refractivity contribution in [2.45, 2.75) is 39.8 Å². The first-order valence-electron chi connectivity index (χ1n) is 6.43. The molecule has 19 heavy (non-hydrogen) atoms. The lowest BCUT2D eigenvalue weighted by molar-refractivity contribution is 0.498. The molecule has 0 amide bonds. The number of hydrogen-bond donors (Lipinski definition) is 1. The van der Waals surface area contributed by atoms with E-state index in [0.717, 1.165) is 15.7 Å². The Morgan fingerprint density at radius 3 is 2.53 bits per heavy atom. The van der Waals surface area contributed by atoms with E-state index in [0.29, 0.717) is 6.04 Å². The summed E-state index contributed by atoms with van der Waals surface area (Å²) in [6.45, 7) is 8.46. The third-order valence-electron chi connectivity index (χ3n) is 3.18. The fourth-order valence-corrected chi connectivity index (χ4v) is 3.41. The molecule has 0 radical (unpaired) electrons. The van der Waals surface area contributed by atoms with Gasteiger partial charge in [0, 0.05) is 22.0 Å². The van der Waals surface area contributed by atoms with Crippen LogP contribution in [0.15, 0.2) is 24.3 Å². The van der Waals surface area contributed by atoms with Crippen LogP contribution in [-0.2, 0) is 0 Å². The topological polar surface area (TPSA) is 24.9 Å². The molecule has 1 aromatic heterocycles. The van der Waals surface area contributed by atoms with Crippen LogP contribution in [0.25, 0.3) is 0 Å². The van der Waals surface area contributed by atoms with Crippen LogP contribution in [0, 0.1) is 13.8 Å². The minimum absolute atomic E-state index is 0.260. The predicted octanol–water partition coefficient (Wildman–Crippen LogP) is 4.83. The molecule has 102 valence electrons. The van der Waals surface area contributed by atoms with Gasteiger partial charge >= 0.3 is 0 Å². The molecule has 1 N–H and O–H groups in total. The van der Waals surface area contributed by atoms with Crippen LogP contribution in [0.3, 0.4) is 0 Å². The van der Waals surface area contributed by atoms with E-state index in [1.165, 1.54) is 10.4 Å². The lowest BCUT2D eigenvalue weighted by Crippen LogP contribution is -2.22. The van der Waals surface area contributed by atoms with E-state index in [1.54, 1.807) is 11.3 Å². The van der Waals surface area contributed by atoms with Gasteiger partial charge in [0.05, 0.1) is 10.7 Å². The van der Waals surface area contributed by atoms with Gasteiger partial charge in [-0.15, -0.1) is 11.3 Å². The Morgan fingerprint density at radius 2 is 1.95 bits per heavy atom. The Bertz CT molecular complexity index is 565. The van der Waals surface area contributed by atoms with E-state index in [9.17, 15) is 0 Å². The monoisotopic (exact) mass is 294 g/mol. The van der Waals surface area contributed by atoms with Crippen molar-refractivity contribution in [3.05, 3.63) is 50.4 Å². The van der Waals surface area contributed by atoms with Crippen molar-refractivity contribution >= 4 is 22.9 Å². The third-order valence-corrected chi connectivity index (χ3v) is 4.67. The molecule has 0 saturated heterocycles. The molecule has 0 spiro atoms. The van der Waals surface area contributed by atoms with Crippen LogP contribution >= 0.6 is 22.9 Å². The third kappa shape index (κ3) is 3.56. The molecule has 2 atom stereocenters. The smallest absolute Gasteiger partial charge is 0.0900 e. The van der Waals surface area contributed by atoms with Gasteiger partial charge in [-0.2, -0.15) is 0 Å². The van der Waals surface area contributed by atoms with E-state index in [-0.39, 0.29) is 6.04 Å². The van der Waals surface area contributed by atoms with E-state index in [4.69, 9.17) is 11.6 Å². The van der Waals surface area contributed by atoms with Crippen LogP contribution in [0.5, 0.6) is 0 Å². The highest BCUT2D eigenvalue weighted by atomic mass is 35.5. The molecule has 0 saturated carbocycles. The number of rotatable bonds is 4. The van der Waals surface area contributed by atoms with E-state index in [2.05, 4.69) is 37.1 Å². The van der Waals surface area contributed by atoms with Gasteiger partial charge in [0.2, 0.25) is 0 Å². The van der Waals surface area contributed by atoms with Crippen molar-refractivity contribution in [3.63, 3.8) is 0 Å². The Morgan fingerprint density at radius 1 is 1.21 bits per heavy atom. The molecule has 1 aromatic carbocycles. The average Bonchev–Trinajstić information content (AvgIpc) is 2.68. The number of halogens is 1. The lowest BCUT2D eigenvalue weighted by Gasteiger charge is -2.20. The molecule has 2 rings (SSSR count). The second-order valence-corrected chi connectivity index (χ2v) is 6.52. The quantitative estimate of drug-likeness (QED) is 0.874. The normalized spacial score (nSPS) is 14.4. The van der Waals surface area contributed by atoms with Crippen LogP contribution in [0.2, 0.25) is 5.02 Å². The summed E-state index contributed by atoms with van der Waals surface area (Å²) in [6.07, 6.45) is 0. The van der Waals surface area contributed by atoms with Gasteiger partial charge in [-0.25, -0.2) is 4.98 Å². The summed E-state index contributed by atoms with van der Waals surface area (Å²) in [6, 6.07) is 8.55. The van der Waals surface area contributed by atoms with Crippen molar-refractivity contribution in [3.8, 4) is 0 Å². The summed E-state index contributed by atoms with van der Waals surface area (Å²) in [7, 11) is 0. The van der Waals surface area contributed by atoms with Gasteiger partial charge in [0.15, 0.2) is 0 Å². The van der Waals surface area contributed by atoms with E-state index < -0.39 is 0 Å². The Kier molecular flexibility index (Phi) is 4.61. The van der Waals surface area contributed by atoms with Crippen LogP contribution in [0.4, 0.5) is 0 Å². The summed E-state index contributed by atoms with van der Waals surface area (Å²) in [4.78, 5) is 5.80. The van der Waals surface area contributed by atoms with Crippen molar-refractivity contribution in [1.82, 2.24) is 10.3 Å². The van der Waals surface area contributed by atoms with E-state index in [1.807, 2.05) is 25.1 Å². The highest BCUT2D eigenvalue weighted by Gasteiger charge is 2.16. The Balaban J connectivity index is 2.10. The van der Waals surface area contributed by atoms with E-state index >= 15 is 0 Å². The number of aryl methyl sites for hydroxylation is 2. The number of thiazole rings is 1. The molecule has 2 aromatic rings. The molecule has 1 unspecified atom stereocenters. The first-order chi connectivity index (χ1) is 8.97. The maximum Gasteiger partial charge on any atom is 0.0900 e. The minimum Gasteiger partial charge on any atom is -0.303 e. The van der Waals surface area contributed by atoms with Crippen LogP contribution in [-0.4, -0.2) is 4.98 Å². The Labute approximate surface area is 123 Å². The Hall–Kier alpha value is -0.900. The van der Waals surface area contributed by atoms with Crippen molar-refractivity contribution in [1.29, 1.82) is 0 Å². The molecule has 0 aliphatic carbocycles. The zero-order valence-electron chi connectivity index (χ0n) is 11.7. The minimum atomic E-state index is 0.260. The molecular formula is C15H19ClN2S. The maximum atomic E-state index is 6.04. The number of nitrogens with zero attached hydrogens (tertiary/aromatic N) is 1. The highest BCUT2D eigenvalue weighted by Crippen LogP contribution is 2.27. The van der Waals surface area contributed by atoms with Gasteiger partial charge in [-0.1, -0.05) is 23.7 Å². The van der Waals surface area contributed by atoms with Crippen molar-refractivity contribution < 1.29 is 0 Å². The fourth-order valence-electron chi connectivity index (χ4n) is 2.27. The standard InChI is InChI=1S/C15H19ClN2S/c1-9(13-6-5-7-14(16)8-13)17-10(2)15-11(3)18-12(4)19-15/h5-10,17H,1-4H3/t9-,10?/m1/s1. The van der Waals surface area contributed by atoms with Gasteiger partial charge in [-0.05, 0) is 45.4 Å². The van der Waals surface area contributed by atoms with Gasteiger partial charge < -0.3 is 5.32 Å². The first kappa shape index (κ1) is 14.5. The molecule has 0 aliphatic rings. The second-order valence-electron chi connectivity index (χ2n) is 4.85. The second kappa shape index (κ2) is 6.04. The SMILES string of the molecule is Cc1nc(C)c(C(C)N[C@H](C)c2cccc(Cl)c2)s1. The van der Waals surface area contributed by atoms with Crippen LogP contribution in [0.1, 0.15) is 47.1 Å². The fraction of sp³-hybridized carbons (Fsp3) is 0.400. The first-order valence-corrected chi connectivity index (χ1v) is 7.62. The average molecular weight is 295 g/mol. The van der Waals surface area contributed by atoms with Gasteiger partial charge in [0.1, 0.15) is 0 Å². The summed E-state index contributed by atoms with van der Waals surface area (Å²) < 4.78 is 0. The molecule has 2 nitrogen and oxygen atoms in total. The van der Waals surface area contributed by atoms with Gasteiger partial charge in [0.25, 0.3) is 0 Å². The van der Waals surface area contributed by atoms with Gasteiger partial charge in [-0.3, -0.25) is 0 Å². The van der Waals surface area contributed by atoms with Crippen LogP contribution < -0.4 is 5.32 Å². The maximum absolute atomic E-state index is 6.04. The summed E-state index contributed by atoms with van der Waals surface area (Å²) in [5.74, 6) is 0. The zero-order valence-corrected chi connectivity index (χ0v) is 13.3. The molecular weight excluding hydrogens is 276 g/mol. The van der Waals surface area contributed by atoms with Crippen molar-refractivity contribution in [2.75, 3.05) is 0 Å². The molecule has 0 fully saturated rings. The molecule has 4 heteroatoms. The lowest BCUT2D eigenvalue weighted by atomic mass is 10.1. The highest BCUT2D eigenvalue weighted by molar-refractivity contribution is 7.11. The number of nitrogens with one attached hydrogen (secondary N) is 1. The molecule has 0 bridgehead atoms. The van der Waals surface area contributed by atoms with Crippen molar-refractivity contribution in [2.24, 2.45) is 0 Å². The number of benzene rings is 1. The largest absolute Gasteiger partial charge is 0.303 e. The summed E-state index contributed by atoms with van der Waals surface area (Å²) in [5.41, 5.74) is 2.33. The number of hydrogen-bond acceptors (Lipinski definition) is 3. The molecule has 0 aliphatic heterocycles. The predicted molar refractivity (Wildman–Crippen MR) is 83.0 cm³/mol. The summed E-state index contributed by atoms with van der Waals surface area (Å²) in [5, 5.41) is 5.51. The molecule has 1 heterocycles. The zero-order chi connectivity index (χ0) is 14.0. The number of aromatic nitrogens is 1. The summed E-state index contributed by atoms with van der Waals surface area (Å²) >= 11 is 7.80.